The van der Waals surface area contributed by atoms with Crippen molar-refractivity contribution in [3.8, 4) is 0 Å². The highest BCUT2D eigenvalue weighted by Gasteiger charge is 2.18. The van der Waals surface area contributed by atoms with Gasteiger partial charge in [0.2, 0.25) is 0 Å². The maximum atomic E-state index is 5.77. The molecule has 0 bridgehead atoms. The number of aromatic nitrogens is 2. The molecule has 1 aromatic heterocycles. The summed E-state index contributed by atoms with van der Waals surface area (Å²) >= 11 is 11.5. The summed E-state index contributed by atoms with van der Waals surface area (Å²) in [4.78, 5) is 11.8. The predicted octanol–water partition coefficient (Wildman–Crippen LogP) is 1.41. The summed E-state index contributed by atoms with van der Waals surface area (Å²) in [6, 6.07) is 0. The molecule has 0 fully saturated rings. The van der Waals surface area contributed by atoms with Gasteiger partial charge in [-0.3, -0.25) is 0 Å². The molecule has 2 heterocycles. The van der Waals surface area contributed by atoms with Crippen LogP contribution >= 0.6 is 23.2 Å². The number of fused-ring (bicyclic) bond motifs is 1. The number of hydrogen-bond donors (Lipinski definition) is 1. The summed E-state index contributed by atoms with van der Waals surface area (Å²) in [5.74, 6) is 0.567. The fourth-order valence-electron chi connectivity index (χ4n) is 0.900. The number of alkyl halides is 1. The van der Waals surface area contributed by atoms with Crippen LogP contribution in [0, 0.1) is 0 Å². The first-order valence-electron chi connectivity index (χ1n) is 3.22. The second-order valence-corrected chi connectivity index (χ2v) is 2.93. The number of rotatable bonds is 0. The maximum absolute atomic E-state index is 5.77. The zero-order valence-electron chi connectivity index (χ0n) is 5.83. The molecule has 0 spiro atoms. The van der Waals surface area contributed by atoms with E-state index in [-0.39, 0.29) is 5.17 Å². The van der Waals surface area contributed by atoms with E-state index in [1.165, 1.54) is 0 Å². The highest BCUT2D eigenvalue weighted by Crippen LogP contribution is 2.20. The topological polar surface area (TPSA) is 50.2 Å². The molecule has 1 unspecified atom stereocenters. The van der Waals surface area contributed by atoms with Crippen LogP contribution in [0.3, 0.4) is 0 Å². The molecule has 0 saturated carbocycles. The van der Waals surface area contributed by atoms with Crippen LogP contribution in [0.25, 0.3) is 0 Å². The van der Waals surface area contributed by atoms with E-state index in [0.29, 0.717) is 11.5 Å². The normalized spacial score (nSPS) is 20.8. The third-order valence-electron chi connectivity index (χ3n) is 1.38. The molecule has 0 aliphatic carbocycles. The first-order valence-corrected chi connectivity index (χ1v) is 4.04. The monoisotopic (exact) mass is 202 g/mol. The van der Waals surface area contributed by atoms with Crippen molar-refractivity contribution in [2.75, 3.05) is 5.32 Å². The van der Waals surface area contributed by atoms with Crippen molar-refractivity contribution >= 4 is 34.2 Å². The van der Waals surface area contributed by atoms with E-state index < -0.39 is 5.62 Å². The molecular weight excluding hydrogens is 199 g/mol. The number of halogens is 2. The second-order valence-electron chi connectivity index (χ2n) is 2.15. The zero-order valence-corrected chi connectivity index (χ0v) is 7.34. The smallest absolute Gasteiger partial charge is 0.198 e. The number of nitrogens with one attached hydrogen (secondary N) is 1. The Balaban J connectivity index is 2.53. The first kappa shape index (κ1) is 7.76. The van der Waals surface area contributed by atoms with Crippen molar-refractivity contribution in [3.05, 3.63) is 18.1 Å². The van der Waals surface area contributed by atoms with Crippen molar-refractivity contribution in [2.45, 2.75) is 5.62 Å². The van der Waals surface area contributed by atoms with Gasteiger partial charge in [-0.1, -0.05) is 23.2 Å². The van der Waals surface area contributed by atoms with E-state index in [2.05, 4.69) is 20.3 Å². The second kappa shape index (κ2) is 2.88. The molecule has 1 atom stereocenters. The van der Waals surface area contributed by atoms with E-state index in [4.69, 9.17) is 23.2 Å². The van der Waals surface area contributed by atoms with E-state index >= 15 is 0 Å². The minimum atomic E-state index is -0.554. The van der Waals surface area contributed by atoms with Crippen LogP contribution in [-0.4, -0.2) is 20.8 Å². The minimum absolute atomic E-state index is 0.289. The van der Waals surface area contributed by atoms with Crippen molar-refractivity contribution < 1.29 is 0 Å². The number of hydrogen-bond acceptors (Lipinski definition) is 4. The molecule has 62 valence electrons. The van der Waals surface area contributed by atoms with Gasteiger partial charge < -0.3 is 5.32 Å². The summed E-state index contributed by atoms with van der Waals surface area (Å²) in [7, 11) is 0. The zero-order chi connectivity index (χ0) is 8.55. The Labute approximate surface area is 78.6 Å². The van der Waals surface area contributed by atoms with Crippen LogP contribution in [0.15, 0.2) is 17.4 Å². The fraction of sp³-hybridized carbons (Fsp3) is 0.167. The predicted molar refractivity (Wildman–Crippen MR) is 47.7 cm³/mol. The van der Waals surface area contributed by atoms with Crippen LogP contribution in [0.2, 0.25) is 0 Å². The first-order chi connectivity index (χ1) is 5.77. The lowest BCUT2D eigenvalue weighted by molar-refractivity contribution is 0.987. The highest BCUT2D eigenvalue weighted by molar-refractivity contribution is 6.70. The minimum Gasteiger partial charge on any atom is -0.334 e. The van der Waals surface area contributed by atoms with Gasteiger partial charge in [-0.05, 0) is 0 Å². The van der Waals surface area contributed by atoms with Gasteiger partial charge in [-0.2, -0.15) is 0 Å². The Morgan fingerprint density at radius 3 is 2.92 bits per heavy atom. The molecule has 0 aromatic carbocycles. The molecule has 1 aromatic rings. The van der Waals surface area contributed by atoms with Gasteiger partial charge in [0.05, 0.1) is 0 Å². The number of nitrogens with zero attached hydrogens (tertiary/aromatic N) is 3. The maximum Gasteiger partial charge on any atom is 0.198 e. The van der Waals surface area contributed by atoms with E-state index in [9.17, 15) is 0 Å². The summed E-state index contributed by atoms with van der Waals surface area (Å²) < 4.78 is 0. The summed E-state index contributed by atoms with van der Waals surface area (Å²) in [6.07, 6.45) is 3.11. The lowest BCUT2D eigenvalue weighted by Gasteiger charge is -2.15. The lowest BCUT2D eigenvalue weighted by atomic mass is 10.4. The average Bonchev–Trinajstić information content (AvgIpc) is 2.04. The average molecular weight is 203 g/mol. The largest absolute Gasteiger partial charge is 0.334 e. The van der Waals surface area contributed by atoms with Crippen LogP contribution < -0.4 is 5.32 Å². The van der Waals surface area contributed by atoms with E-state index in [1.54, 1.807) is 12.4 Å². The molecule has 1 aliphatic rings. The van der Waals surface area contributed by atoms with Gasteiger partial charge in [-0.15, -0.1) is 0 Å². The van der Waals surface area contributed by atoms with Gasteiger partial charge >= 0.3 is 0 Å². The van der Waals surface area contributed by atoms with Crippen molar-refractivity contribution in [3.63, 3.8) is 0 Å². The van der Waals surface area contributed by atoms with Crippen molar-refractivity contribution in [1.29, 1.82) is 0 Å². The Kier molecular flexibility index (Phi) is 1.86. The molecule has 4 nitrogen and oxygen atoms in total. The molecule has 0 amide bonds. The molecule has 0 saturated heterocycles. The van der Waals surface area contributed by atoms with Gasteiger partial charge in [0.25, 0.3) is 0 Å². The molecule has 1 aliphatic heterocycles. The fourth-order valence-corrected chi connectivity index (χ4v) is 1.39. The van der Waals surface area contributed by atoms with Gasteiger partial charge in [0.15, 0.2) is 16.6 Å². The Morgan fingerprint density at radius 1 is 1.33 bits per heavy atom. The lowest BCUT2D eigenvalue weighted by Crippen LogP contribution is -2.20. The highest BCUT2D eigenvalue weighted by atomic mass is 35.5. The standard InChI is InChI=1S/C6H4Cl2N4/c7-4-3-5(10-2-1-9-3)12-6(8)11-4/h1-2,6H,(H,10,12). The quantitative estimate of drug-likeness (QED) is 0.512. The van der Waals surface area contributed by atoms with Crippen LogP contribution in [0.5, 0.6) is 0 Å². The van der Waals surface area contributed by atoms with Gasteiger partial charge in [0.1, 0.15) is 5.69 Å². The summed E-state index contributed by atoms with van der Waals surface area (Å²) in [5.41, 5.74) is -0.0160. The van der Waals surface area contributed by atoms with Crippen LogP contribution in [0.1, 0.15) is 5.69 Å². The third-order valence-corrected chi connectivity index (χ3v) is 1.86. The third kappa shape index (κ3) is 1.23. The SMILES string of the molecule is ClC1=NC(Cl)Nc2nccnc21. The Morgan fingerprint density at radius 2 is 2.08 bits per heavy atom. The number of anilines is 1. The summed E-state index contributed by atoms with van der Waals surface area (Å²) in [5, 5.41) is 3.10. The van der Waals surface area contributed by atoms with Crippen molar-refractivity contribution in [2.24, 2.45) is 4.99 Å². The summed E-state index contributed by atoms with van der Waals surface area (Å²) in [6.45, 7) is 0. The molecule has 2 rings (SSSR count). The van der Waals surface area contributed by atoms with E-state index in [1.807, 2.05) is 0 Å². The van der Waals surface area contributed by atoms with Gasteiger partial charge in [-0.25, -0.2) is 15.0 Å². The Hall–Kier alpha value is -0.870. The molecule has 6 heteroatoms. The molecule has 1 N–H and O–H groups in total. The van der Waals surface area contributed by atoms with Crippen molar-refractivity contribution in [1.82, 2.24) is 9.97 Å². The molecular formula is C6H4Cl2N4. The molecule has 12 heavy (non-hydrogen) atoms. The van der Waals surface area contributed by atoms with Gasteiger partial charge in [0, 0.05) is 12.4 Å². The van der Waals surface area contributed by atoms with E-state index in [0.717, 1.165) is 0 Å². The number of aliphatic imine (C=N–C) groups is 1. The molecule has 0 radical (unpaired) electrons. The van der Waals surface area contributed by atoms with Crippen LogP contribution in [0.4, 0.5) is 5.82 Å². The van der Waals surface area contributed by atoms with Crippen LogP contribution in [-0.2, 0) is 0 Å². The Bertz CT molecular complexity index is 338.